The number of nitrogens with zero attached hydrogens (tertiary/aromatic N) is 3. The van der Waals surface area contributed by atoms with Gasteiger partial charge in [-0.15, -0.1) is 0 Å². The fraction of sp³-hybridized carbons (Fsp3) is 0.310. The van der Waals surface area contributed by atoms with Crippen LogP contribution < -0.4 is 4.90 Å². The summed E-state index contributed by atoms with van der Waals surface area (Å²) in [6.45, 7) is 7.71. The molecule has 37 heavy (non-hydrogen) atoms. The molecular weight excluding hydrogens is 502 g/mol. The van der Waals surface area contributed by atoms with Gasteiger partial charge in [0.05, 0.1) is 21.7 Å². The van der Waals surface area contributed by atoms with Gasteiger partial charge in [-0.05, 0) is 85.7 Å². The van der Waals surface area contributed by atoms with Gasteiger partial charge in [0.15, 0.2) is 5.13 Å². The normalized spacial score (nSPS) is 15.2. The van der Waals surface area contributed by atoms with Gasteiger partial charge >= 0.3 is 0 Å². The van der Waals surface area contributed by atoms with Gasteiger partial charge in [0.25, 0.3) is 5.91 Å². The van der Waals surface area contributed by atoms with Gasteiger partial charge in [-0.3, -0.25) is 9.69 Å². The van der Waals surface area contributed by atoms with Crippen LogP contribution in [0.15, 0.2) is 71.6 Å². The van der Waals surface area contributed by atoms with Crippen LogP contribution in [0.3, 0.4) is 0 Å². The highest BCUT2D eigenvalue weighted by Crippen LogP contribution is 2.33. The molecule has 1 fully saturated rings. The lowest BCUT2D eigenvalue weighted by molar-refractivity contribution is 0.0985. The van der Waals surface area contributed by atoms with Crippen molar-refractivity contribution in [3.05, 3.63) is 89.0 Å². The minimum absolute atomic E-state index is 0.216. The van der Waals surface area contributed by atoms with E-state index in [2.05, 4.69) is 32.9 Å². The van der Waals surface area contributed by atoms with Gasteiger partial charge < -0.3 is 0 Å². The van der Waals surface area contributed by atoms with E-state index in [0.717, 1.165) is 34.2 Å². The van der Waals surface area contributed by atoms with Gasteiger partial charge in [-0.2, -0.15) is 4.31 Å². The topological polar surface area (TPSA) is 70.6 Å². The van der Waals surface area contributed by atoms with Gasteiger partial charge in [0, 0.05) is 18.7 Å². The average molecular weight is 534 g/mol. The summed E-state index contributed by atoms with van der Waals surface area (Å²) in [4.78, 5) is 20.5. The smallest absolute Gasteiger partial charge is 0.260 e. The molecule has 0 unspecified atom stereocenters. The first-order chi connectivity index (χ1) is 17.7. The van der Waals surface area contributed by atoms with Crippen LogP contribution in [0.1, 0.15) is 46.8 Å². The van der Waals surface area contributed by atoms with Crippen molar-refractivity contribution < 1.29 is 13.2 Å². The Morgan fingerprint density at radius 3 is 2.32 bits per heavy atom. The molecule has 1 amide bonds. The Morgan fingerprint density at radius 2 is 1.65 bits per heavy atom. The summed E-state index contributed by atoms with van der Waals surface area (Å²) in [5.74, 6) is 0.324. The van der Waals surface area contributed by atoms with E-state index >= 15 is 0 Å². The number of thiazole rings is 1. The highest BCUT2D eigenvalue weighted by atomic mass is 32.2. The molecule has 0 spiro atoms. The zero-order chi connectivity index (χ0) is 26.2. The minimum atomic E-state index is -3.58. The summed E-state index contributed by atoms with van der Waals surface area (Å²) >= 11 is 1.49. The third-order valence-electron chi connectivity index (χ3n) is 7.13. The van der Waals surface area contributed by atoms with Crippen molar-refractivity contribution in [3.8, 4) is 0 Å². The van der Waals surface area contributed by atoms with Crippen LogP contribution in [0.5, 0.6) is 0 Å². The Kier molecular flexibility index (Phi) is 7.16. The van der Waals surface area contributed by atoms with Crippen molar-refractivity contribution >= 4 is 42.6 Å². The molecule has 1 saturated heterocycles. The quantitative estimate of drug-likeness (QED) is 0.297. The van der Waals surface area contributed by atoms with Crippen LogP contribution in [-0.4, -0.2) is 36.7 Å². The lowest BCUT2D eigenvalue weighted by atomic mass is 10.0. The predicted octanol–water partition coefficient (Wildman–Crippen LogP) is 6.18. The molecule has 1 aliphatic rings. The Morgan fingerprint density at radius 1 is 1.00 bits per heavy atom. The Balaban J connectivity index is 1.46. The zero-order valence-corrected chi connectivity index (χ0v) is 23.0. The number of hydrogen-bond acceptors (Lipinski definition) is 5. The van der Waals surface area contributed by atoms with Gasteiger partial charge in [-0.1, -0.05) is 48.6 Å². The molecule has 5 rings (SSSR count). The van der Waals surface area contributed by atoms with Crippen LogP contribution in [0.4, 0.5) is 5.13 Å². The maximum Gasteiger partial charge on any atom is 0.260 e. The molecule has 0 saturated carbocycles. The van der Waals surface area contributed by atoms with E-state index in [4.69, 9.17) is 4.98 Å². The molecule has 3 aromatic carbocycles. The molecule has 192 valence electrons. The first-order valence-electron chi connectivity index (χ1n) is 12.6. The number of carbonyl (C=O) groups excluding carboxylic acids is 1. The molecule has 6 nitrogen and oxygen atoms in total. The highest BCUT2D eigenvalue weighted by Gasteiger charge is 2.29. The van der Waals surface area contributed by atoms with Gasteiger partial charge in [0.1, 0.15) is 0 Å². The van der Waals surface area contributed by atoms with E-state index < -0.39 is 10.0 Å². The lowest BCUT2D eigenvalue weighted by Crippen LogP contribution is -2.37. The van der Waals surface area contributed by atoms with Crippen LogP contribution in [0.2, 0.25) is 0 Å². The second kappa shape index (κ2) is 10.4. The van der Waals surface area contributed by atoms with Crippen LogP contribution >= 0.6 is 11.3 Å². The maximum absolute atomic E-state index is 13.8. The van der Waals surface area contributed by atoms with Crippen molar-refractivity contribution in [2.24, 2.45) is 5.92 Å². The number of amides is 1. The summed E-state index contributed by atoms with van der Waals surface area (Å²) < 4.78 is 28.9. The molecule has 2 heterocycles. The Hall–Kier alpha value is -3.07. The monoisotopic (exact) mass is 533 g/mol. The van der Waals surface area contributed by atoms with E-state index in [-0.39, 0.29) is 10.8 Å². The second-order valence-electron chi connectivity index (χ2n) is 9.89. The standard InChI is InChI=1S/C29H31N3O3S2/c1-20-13-15-31(16-14-20)37(34,35)25-11-9-24(10-12-25)28(33)32(19-23-7-5-4-6-8-23)29-30-26-17-21(2)22(3)18-27(26)36-29/h4-12,17-18,20H,13-16,19H2,1-3H3. The molecule has 0 bridgehead atoms. The number of aromatic nitrogens is 1. The maximum atomic E-state index is 13.8. The molecule has 1 aliphatic heterocycles. The molecule has 0 atom stereocenters. The fourth-order valence-electron chi connectivity index (χ4n) is 4.58. The predicted molar refractivity (Wildman–Crippen MR) is 150 cm³/mol. The van der Waals surface area contributed by atoms with Crippen molar-refractivity contribution in [1.29, 1.82) is 0 Å². The van der Waals surface area contributed by atoms with Crippen LogP contribution in [0, 0.1) is 19.8 Å². The van der Waals surface area contributed by atoms with Crippen LogP contribution in [0.25, 0.3) is 10.2 Å². The number of carbonyl (C=O) groups is 1. The number of fused-ring (bicyclic) bond motifs is 1. The second-order valence-corrected chi connectivity index (χ2v) is 12.8. The lowest BCUT2D eigenvalue weighted by Gasteiger charge is -2.29. The zero-order valence-electron chi connectivity index (χ0n) is 21.3. The highest BCUT2D eigenvalue weighted by molar-refractivity contribution is 7.89. The summed E-state index contributed by atoms with van der Waals surface area (Å²) in [6, 6.07) is 20.3. The number of hydrogen-bond donors (Lipinski definition) is 0. The summed E-state index contributed by atoms with van der Waals surface area (Å²) in [7, 11) is -3.58. The van der Waals surface area contributed by atoms with Crippen molar-refractivity contribution in [1.82, 2.24) is 9.29 Å². The van der Waals surface area contributed by atoms with Crippen LogP contribution in [-0.2, 0) is 16.6 Å². The van der Waals surface area contributed by atoms with E-state index in [1.165, 1.54) is 16.9 Å². The molecule has 4 aromatic rings. The van der Waals surface area contributed by atoms with Gasteiger partial charge in [0.2, 0.25) is 10.0 Å². The van der Waals surface area contributed by atoms with E-state index in [1.54, 1.807) is 33.5 Å². The minimum Gasteiger partial charge on any atom is -0.279 e. The summed E-state index contributed by atoms with van der Waals surface area (Å²) in [5.41, 5.74) is 4.62. The van der Waals surface area contributed by atoms with Crippen molar-refractivity contribution in [2.75, 3.05) is 18.0 Å². The Labute approximate surface area is 222 Å². The number of piperidine rings is 1. The Bertz CT molecular complexity index is 1480. The van der Waals surface area contributed by atoms with Crippen molar-refractivity contribution in [3.63, 3.8) is 0 Å². The first kappa shape index (κ1) is 25.6. The third-order valence-corrected chi connectivity index (χ3v) is 10.1. The summed E-state index contributed by atoms with van der Waals surface area (Å²) in [6.07, 6.45) is 1.73. The molecule has 0 N–H and O–H groups in total. The number of anilines is 1. The van der Waals surface area contributed by atoms with Crippen molar-refractivity contribution in [2.45, 2.75) is 45.1 Å². The molecule has 8 heteroatoms. The number of sulfonamides is 1. The van der Waals surface area contributed by atoms with E-state index in [1.807, 2.05) is 30.3 Å². The van der Waals surface area contributed by atoms with Gasteiger partial charge in [-0.25, -0.2) is 13.4 Å². The average Bonchev–Trinajstić information content (AvgIpc) is 3.30. The molecular formula is C29H31N3O3S2. The van der Waals surface area contributed by atoms with E-state index in [9.17, 15) is 13.2 Å². The summed E-state index contributed by atoms with van der Waals surface area (Å²) in [5, 5.41) is 0.619. The fourth-order valence-corrected chi connectivity index (χ4v) is 7.09. The molecule has 1 aromatic heterocycles. The number of aryl methyl sites for hydroxylation is 2. The number of rotatable bonds is 6. The largest absolute Gasteiger partial charge is 0.279 e. The molecule has 0 radical (unpaired) electrons. The molecule has 0 aliphatic carbocycles. The SMILES string of the molecule is Cc1cc2nc(N(Cc3ccccc3)C(=O)c3ccc(S(=O)(=O)N4CCC(C)CC4)cc3)sc2cc1C. The third kappa shape index (κ3) is 5.32. The van der Waals surface area contributed by atoms with E-state index in [0.29, 0.717) is 36.2 Å². The number of benzene rings is 3. The first-order valence-corrected chi connectivity index (χ1v) is 14.8.